The van der Waals surface area contributed by atoms with Crippen molar-refractivity contribution in [2.75, 3.05) is 36.4 Å². The van der Waals surface area contributed by atoms with Crippen molar-refractivity contribution < 1.29 is 13.2 Å². The lowest BCUT2D eigenvalue weighted by atomic mass is 10.0. The van der Waals surface area contributed by atoms with Crippen LogP contribution in [-0.4, -0.2) is 64.3 Å². The van der Waals surface area contributed by atoms with Gasteiger partial charge in [0.05, 0.1) is 4.90 Å². The summed E-state index contributed by atoms with van der Waals surface area (Å²) in [5.41, 5.74) is 1.55. The van der Waals surface area contributed by atoms with Gasteiger partial charge in [0.25, 0.3) is 0 Å². The quantitative estimate of drug-likeness (QED) is 0.635. The summed E-state index contributed by atoms with van der Waals surface area (Å²) < 4.78 is 29.8. The van der Waals surface area contributed by atoms with E-state index in [1.807, 2.05) is 23.8 Å². The Bertz CT molecular complexity index is 1270. The summed E-state index contributed by atoms with van der Waals surface area (Å²) in [6, 6.07) is 6.81. The Kier molecular flexibility index (Phi) is 5.14. The van der Waals surface area contributed by atoms with Crippen LogP contribution < -0.4 is 10.2 Å². The van der Waals surface area contributed by atoms with E-state index in [1.54, 1.807) is 30.7 Å². The molecular weight excluding hydrogens is 430 g/mol. The van der Waals surface area contributed by atoms with E-state index in [2.05, 4.69) is 25.2 Å². The van der Waals surface area contributed by atoms with Crippen molar-refractivity contribution in [3.8, 4) is 5.82 Å². The number of anilines is 2. The first kappa shape index (κ1) is 20.6. The van der Waals surface area contributed by atoms with E-state index in [-0.39, 0.29) is 10.8 Å². The largest absolute Gasteiger partial charge is 0.354 e. The number of nitrogens with zero attached hydrogens (tertiary/aromatic N) is 6. The Morgan fingerprint density at radius 3 is 2.53 bits per heavy atom. The summed E-state index contributed by atoms with van der Waals surface area (Å²) in [5.74, 6) is 2.09. The van der Waals surface area contributed by atoms with Crippen LogP contribution in [0.15, 0.2) is 47.9 Å². The third-order valence-corrected chi connectivity index (χ3v) is 7.65. The Balaban J connectivity index is 1.32. The van der Waals surface area contributed by atoms with Crippen molar-refractivity contribution in [2.24, 2.45) is 0 Å². The minimum Gasteiger partial charge on any atom is -0.354 e. The van der Waals surface area contributed by atoms with Crippen molar-refractivity contribution in [3.63, 3.8) is 0 Å². The van der Waals surface area contributed by atoms with Gasteiger partial charge in [0.2, 0.25) is 15.9 Å². The molecule has 1 fully saturated rings. The zero-order chi connectivity index (χ0) is 22.3. The van der Waals surface area contributed by atoms with E-state index in [9.17, 15) is 13.2 Å². The second kappa shape index (κ2) is 7.99. The number of sulfonamides is 1. The van der Waals surface area contributed by atoms with Gasteiger partial charge in [-0.3, -0.25) is 9.36 Å². The number of carbonyl (C=O) groups excluding carboxylic acids is 1. The predicted molar refractivity (Wildman–Crippen MR) is 118 cm³/mol. The molecule has 1 amide bonds. The molecule has 2 aliphatic rings. The smallest absolute Gasteiger partial charge is 0.243 e. The van der Waals surface area contributed by atoms with E-state index in [0.29, 0.717) is 50.5 Å². The first-order valence-corrected chi connectivity index (χ1v) is 11.9. The molecular formula is C21H23N7O3S. The van der Waals surface area contributed by atoms with E-state index < -0.39 is 10.0 Å². The van der Waals surface area contributed by atoms with Crippen LogP contribution in [-0.2, 0) is 21.2 Å². The summed E-state index contributed by atoms with van der Waals surface area (Å²) >= 11 is 0. The SMILES string of the molecule is Cc1nc(N2CCN(S(=O)(=O)c3ccc4c(c3)CCC(=O)N4)CC2)cc(-n2ccnc2)n1. The maximum Gasteiger partial charge on any atom is 0.243 e. The number of aromatic nitrogens is 4. The van der Waals surface area contributed by atoms with Gasteiger partial charge in [0.1, 0.15) is 23.8 Å². The molecule has 0 saturated carbocycles. The monoisotopic (exact) mass is 453 g/mol. The Morgan fingerprint density at radius 1 is 1.00 bits per heavy atom. The molecule has 2 aliphatic heterocycles. The number of benzene rings is 1. The highest BCUT2D eigenvalue weighted by Gasteiger charge is 2.30. The fourth-order valence-corrected chi connectivity index (χ4v) is 5.53. The zero-order valence-corrected chi connectivity index (χ0v) is 18.4. The number of aryl methyl sites for hydroxylation is 2. The first-order chi connectivity index (χ1) is 15.4. The molecule has 5 rings (SSSR count). The molecule has 32 heavy (non-hydrogen) atoms. The van der Waals surface area contributed by atoms with Crippen LogP contribution in [0.3, 0.4) is 0 Å². The molecule has 0 atom stereocenters. The number of amides is 1. The summed E-state index contributed by atoms with van der Waals surface area (Å²) in [5, 5.41) is 2.79. The number of fused-ring (bicyclic) bond motifs is 1. The molecule has 0 spiro atoms. The molecule has 0 bridgehead atoms. The third-order valence-electron chi connectivity index (χ3n) is 5.75. The summed E-state index contributed by atoms with van der Waals surface area (Å²) in [7, 11) is -3.62. The van der Waals surface area contributed by atoms with Crippen molar-refractivity contribution in [3.05, 3.63) is 54.4 Å². The van der Waals surface area contributed by atoms with Gasteiger partial charge < -0.3 is 10.2 Å². The number of hydrogen-bond acceptors (Lipinski definition) is 7. The molecule has 0 radical (unpaired) electrons. The second-order valence-corrected chi connectivity index (χ2v) is 9.80. The molecule has 1 saturated heterocycles. The van der Waals surface area contributed by atoms with Crippen molar-refractivity contribution >= 4 is 27.4 Å². The highest BCUT2D eigenvalue weighted by molar-refractivity contribution is 7.89. The number of hydrogen-bond donors (Lipinski definition) is 1. The topological polar surface area (TPSA) is 113 Å². The molecule has 1 aromatic carbocycles. The van der Waals surface area contributed by atoms with Gasteiger partial charge in [-0.1, -0.05) is 0 Å². The van der Waals surface area contributed by atoms with Crippen molar-refractivity contribution in [1.29, 1.82) is 0 Å². The number of nitrogens with one attached hydrogen (secondary N) is 1. The number of rotatable bonds is 4. The van der Waals surface area contributed by atoms with Gasteiger partial charge in [0, 0.05) is 56.7 Å². The summed E-state index contributed by atoms with van der Waals surface area (Å²) in [6.07, 6.45) is 6.11. The lowest BCUT2D eigenvalue weighted by Crippen LogP contribution is -2.49. The van der Waals surface area contributed by atoms with Crippen LogP contribution in [0.1, 0.15) is 17.8 Å². The molecule has 166 valence electrons. The molecule has 1 N–H and O–H groups in total. The van der Waals surface area contributed by atoms with E-state index in [1.165, 1.54) is 4.31 Å². The predicted octanol–water partition coefficient (Wildman–Crippen LogP) is 1.37. The molecule has 0 unspecified atom stereocenters. The first-order valence-electron chi connectivity index (χ1n) is 10.4. The van der Waals surface area contributed by atoms with Gasteiger partial charge in [-0.05, 0) is 37.1 Å². The van der Waals surface area contributed by atoms with Crippen LogP contribution in [0.2, 0.25) is 0 Å². The molecule has 4 heterocycles. The normalized spacial score (nSPS) is 17.2. The lowest BCUT2D eigenvalue weighted by molar-refractivity contribution is -0.116. The molecule has 10 nitrogen and oxygen atoms in total. The highest BCUT2D eigenvalue weighted by atomic mass is 32.2. The van der Waals surface area contributed by atoms with E-state index in [4.69, 9.17) is 0 Å². The Morgan fingerprint density at radius 2 is 1.78 bits per heavy atom. The van der Waals surface area contributed by atoms with E-state index >= 15 is 0 Å². The van der Waals surface area contributed by atoms with Crippen LogP contribution in [0.25, 0.3) is 5.82 Å². The van der Waals surface area contributed by atoms with Crippen LogP contribution in [0, 0.1) is 6.92 Å². The van der Waals surface area contributed by atoms with Crippen LogP contribution in [0.4, 0.5) is 11.5 Å². The number of carbonyl (C=O) groups is 1. The maximum absolute atomic E-state index is 13.2. The van der Waals surface area contributed by atoms with Crippen molar-refractivity contribution in [2.45, 2.75) is 24.7 Å². The van der Waals surface area contributed by atoms with Crippen molar-refractivity contribution in [1.82, 2.24) is 23.8 Å². The Hall–Kier alpha value is -3.31. The molecule has 0 aliphatic carbocycles. The number of imidazole rings is 1. The fourth-order valence-electron chi connectivity index (χ4n) is 4.05. The summed E-state index contributed by atoms with van der Waals surface area (Å²) in [6.45, 7) is 3.61. The van der Waals surface area contributed by atoms with Gasteiger partial charge >= 0.3 is 0 Å². The maximum atomic E-state index is 13.2. The Labute approximate surface area is 186 Å². The molecule has 11 heteroatoms. The minimum atomic E-state index is -3.62. The van der Waals surface area contributed by atoms with E-state index in [0.717, 1.165) is 17.2 Å². The van der Waals surface area contributed by atoms with Gasteiger partial charge in [-0.25, -0.2) is 23.4 Å². The lowest BCUT2D eigenvalue weighted by Gasteiger charge is -2.35. The average Bonchev–Trinajstić information content (AvgIpc) is 3.33. The third kappa shape index (κ3) is 3.84. The fraction of sp³-hybridized carbons (Fsp3) is 0.333. The average molecular weight is 454 g/mol. The van der Waals surface area contributed by atoms with Gasteiger partial charge in [0.15, 0.2) is 0 Å². The zero-order valence-electron chi connectivity index (χ0n) is 17.6. The van der Waals surface area contributed by atoms with Gasteiger partial charge in [-0.15, -0.1) is 0 Å². The molecule has 3 aromatic rings. The highest BCUT2D eigenvalue weighted by Crippen LogP contribution is 2.28. The van der Waals surface area contributed by atoms with Crippen LogP contribution >= 0.6 is 0 Å². The second-order valence-electron chi connectivity index (χ2n) is 7.86. The minimum absolute atomic E-state index is 0.0413. The standard InChI is InChI=1S/C21H23N7O3S/c1-15-23-19(13-20(24-15)27-7-6-22-14-27)26-8-10-28(11-9-26)32(30,31)17-3-4-18-16(12-17)2-5-21(29)25-18/h3-4,6-7,12-14H,2,5,8-11H2,1H3,(H,25,29). The molecule has 2 aromatic heterocycles. The van der Waals surface area contributed by atoms with Crippen LogP contribution in [0.5, 0.6) is 0 Å². The van der Waals surface area contributed by atoms with Gasteiger partial charge in [-0.2, -0.15) is 4.31 Å². The summed E-state index contributed by atoms with van der Waals surface area (Å²) in [4.78, 5) is 27.0. The number of piperazine rings is 1.